The van der Waals surface area contributed by atoms with E-state index in [-0.39, 0.29) is 30.0 Å². The minimum atomic E-state index is 0. The first-order valence-corrected chi connectivity index (χ1v) is 9.64. The van der Waals surface area contributed by atoms with Gasteiger partial charge in [0.15, 0.2) is 5.96 Å². The Morgan fingerprint density at radius 1 is 1.17 bits per heavy atom. The highest BCUT2D eigenvalue weighted by atomic mass is 127. The molecule has 1 unspecified atom stereocenters. The van der Waals surface area contributed by atoms with E-state index < -0.39 is 0 Å². The van der Waals surface area contributed by atoms with Crippen molar-refractivity contribution in [3.8, 4) is 0 Å². The summed E-state index contributed by atoms with van der Waals surface area (Å²) in [5.74, 6) is 0.756. The SMILES string of the molecule is CN=C(NCCc1ccc(C)nc1)NCC(c1ccc(Cl)cc1)n1cccn1.I. The van der Waals surface area contributed by atoms with Crippen molar-refractivity contribution in [3.63, 3.8) is 0 Å². The Morgan fingerprint density at radius 2 is 1.97 bits per heavy atom. The molecule has 8 heteroatoms. The molecule has 0 spiro atoms. The third kappa shape index (κ3) is 7.01. The normalized spacial score (nSPS) is 12.2. The van der Waals surface area contributed by atoms with Crippen molar-refractivity contribution in [1.82, 2.24) is 25.4 Å². The van der Waals surface area contributed by atoms with E-state index in [1.165, 1.54) is 5.56 Å². The fourth-order valence-corrected chi connectivity index (χ4v) is 3.03. The molecule has 29 heavy (non-hydrogen) atoms. The van der Waals surface area contributed by atoms with E-state index >= 15 is 0 Å². The van der Waals surface area contributed by atoms with Crippen LogP contribution in [0.25, 0.3) is 0 Å². The van der Waals surface area contributed by atoms with Gasteiger partial charge in [0.1, 0.15) is 0 Å². The maximum atomic E-state index is 6.04. The second-order valence-corrected chi connectivity index (χ2v) is 6.93. The average molecular weight is 525 g/mol. The third-order valence-corrected chi connectivity index (χ3v) is 4.72. The maximum absolute atomic E-state index is 6.04. The zero-order valence-corrected chi connectivity index (χ0v) is 19.6. The molecule has 1 atom stereocenters. The molecule has 0 saturated carbocycles. The van der Waals surface area contributed by atoms with E-state index in [2.05, 4.69) is 31.8 Å². The van der Waals surface area contributed by atoms with E-state index in [0.29, 0.717) is 6.54 Å². The molecule has 3 aromatic rings. The fourth-order valence-electron chi connectivity index (χ4n) is 2.90. The predicted molar refractivity (Wildman–Crippen MR) is 129 cm³/mol. The van der Waals surface area contributed by atoms with Gasteiger partial charge in [0, 0.05) is 49.4 Å². The first kappa shape index (κ1) is 23.2. The van der Waals surface area contributed by atoms with Crippen molar-refractivity contribution >= 4 is 41.5 Å². The molecular weight excluding hydrogens is 499 g/mol. The number of halogens is 2. The molecule has 2 heterocycles. The standard InChI is InChI=1S/C21H25ClN6.HI/c1-16-4-5-17(14-25-16)10-12-24-21(23-2)26-15-20(28-13-3-11-27-28)18-6-8-19(22)9-7-18;/h3-9,11,13-14,20H,10,12,15H2,1-2H3,(H2,23,24,26);1H. The summed E-state index contributed by atoms with van der Waals surface area (Å²) in [6.07, 6.45) is 6.54. The Bertz CT molecular complexity index is 879. The number of rotatable bonds is 7. The molecule has 1 aromatic carbocycles. The van der Waals surface area contributed by atoms with Crippen LogP contribution in [0, 0.1) is 6.92 Å². The molecule has 3 rings (SSSR count). The summed E-state index contributed by atoms with van der Waals surface area (Å²) < 4.78 is 1.93. The number of nitrogens with one attached hydrogen (secondary N) is 2. The molecule has 0 saturated heterocycles. The van der Waals surface area contributed by atoms with Crippen LogP contribution in [0.15, 0.2) is 66.0 Å². The van der Waals surface area contributed by atoms with E-state index in [4.69, 9.17) is 11.6 Å². The zero-order chi connectivity index (χ0) is 19.8. The number of hydrogen-bond donors (Lipinski definition) is 2. The van der Waals surface area contributed by atoms with Crippen LogP contribution in [0.3, 0.4) is 0 Å². The average Bonchev–Trinajstić information content (AvgIpc) is 3.24. The second kappa shape index (κ2) is 11.8. The van der Waals surface area contributed by atoms with Crippen LogP contribution in [0.4, 0.5) is 0 Å². The van der Waals surface area contributed by atoms with E-state index in [1.54, 1.807) is 13.2 Å². The summed E-state index contributed by atoms with van der Waals surface area (Å²) >= 11 is 6.04. The number of pyridine rings is 1. The molecule has 0 aliphatic carbocycles. The maximum Gasteiger partial charge on any atom is 0.191 e. The summed E-state index contributed by atoms with van der Waals surface area (Å²) in [7, 11) is 1.77. The molecule has 6 nitrogen and oxygen atoms in total. The van der Waals surface area contributed by atoms with Gasteiger partial charge >= 0.3 is 0 Å². The van der Waals surface area contributed by atoms with Gasteiger partial charge in [-0.05, 0) is 48.7 Å². The lowest BCUT2D eigenvalue weighted by atomic mass is 10.1. The van der Waals surface area contributed by atoms with Crippen LogP contribution in [0.2, 0.25) is 5.02 Å². The Kier molecular flexibility index (Phi) is 9.40. The van der Waals surface area contributed by atoms with Crippen LogP contribution in [-0.4, -0.2) is 40.9 Å². The van der Waals surface area contributed by atoms with Crippen LogP contribution in [0.5, 0.6) is 0 Å². The van der Waals surface area contributed by atoms with Crippen LogP contribution in [0.1, 0.15) is 22.9 Å². The number of hydrogen-bond acceptors (Lipinski definition) is 3. The quantitative estimate of drug-likeness (QED) is 0.280. The molecule has 0 aliphatic rings. The van der Waals surface area contributed by atoms with Gasteiger partial charge in [-0.1, -0.05) is 29.8 Å². The van der Waals surface area contributed by atoms with Gasteiger partial charge in [0.2, 0.25) is 0 Å². The van der Waals surface area contributed by atoms with Gasteiger partial charge < -0.3 is 10.6 Å². The highest BCUT2D eigenvalue weighted by molar-refractivity contribution is 14.0. The number of aliphatic imine (C=N–C) groups is 1. The van der Waals surface area contributed by atoms with E-state index in [1.807, 2.05) is 60.4 Å². The lowest BCUT2D eigenvalue weighted by Crippen LogP contribution is -2.41. The minimum absolute atomic E-state index is 0. The summed E-state index contributed by atoms with van der Waals surface area (Å²) in [4.78, 5) is 8.65. The number of nitrogens with zero attached hydrogens (tertiary/aromatic N) is 4. The molecule has 2 N–H and O–H groups in total. The summed E-state index contributed by atoms with van der Waals surface area (Å²) in [6.45, 7) is 3.41. The first-order valence-electron chi connectivity index (χ1n) is 9.26. The number of guanidine groups is 1. The van der Waals surface area contributed by atoms with Crippen molar-refractivity contribution < 1.29 is 0 Å². The topological polar surface area (TPSA) is 67.1 Å². The van der Waals surface area contributed by atoms with Gasteiger partial charge in [0.05, 0.1) is 6.04 Å². The summed E-state index contributed by atoms with van der Waals surface area (Å²) in [5, 5.41) is 11.9. The summed E-state index contributed by atoms with van der Waals surface area (Å²) in [6, 6.07) is 13.9. The highest BCUT2D eigenvalue weighted by Crippen LogP contribution is 2.19. The van der Waals surface area contributed by atoms with Crippen molar-refractivity contribution in [1.29, 1.82) is 0 Å². The largest absolute Gasteiger partial charge is 0.356 e. The predicted octanol–water partition coefficient (Wildman–Crippen LogP) is 3.86. The number of aromatic nitrogens is 3. The third-order valence-electron chi connectivity index (χ3n) is 4.46. The van der Waals surface area contributed by atoms with Gasteiger partial charge in [-0.25, -0.2) is 0 Å². The van der Waals surface area contributed by atoms with Crippen LogP contribution >= 0.6 is 35.6 Å². The van der Waals surface area contributed by atoms with Gasteiger partial charge in [-0.2, -0.15) is 5.10 Å². The highest BCUT2D eigenvalue weighted by Gasteiger charge is 2.14. The smallest absolute Gasteiger partial charge is 0.191 e. The van der Waals surface area contributed by atoms with Crippen molar-refractivity contribution in [2.24, 2.45) is 4.99 Å². The fraction of sp³-hybridized carbons (Fsp3) is 0.286. The number of benzene rings is 1. The van der Waals surface area contributed by atoms with Crippen LogP contribution < -0.4 is 10.6 Å². The van der Waals surface area contributed by atoms with E-state index in [9.17, 15) is 0 Å². The molecule has 0 amide bonds. The molecule has 0 radical (unpaired) electrons. The van der Waals surface area contributed by atoms with Crippen molar-refractivity contribution in [2.45, 2.75) is 19.4 Å². The van der Waals surface area contributed by atoms with Crippen LogP contribution in [-0.2, 0) is 6.42 Å². The second-order valence-electron chi connectivity index (χ2n) is 6.49. The summed E-state index contributed by atoms with van der Waals surface area (Å²) in [5.41, 5.74) is 3.35. The van der Waals surface area contributed by atoms with Crippen molar-refractivity contribution in [2.75, 3.05) is 20.1 Å². The molecular formula is C21H26ClIN6. The van der Waals surface area contributed by atoms with E-state index in [0.717, 1.165) is 35.2 Å². The number of aryl methyl sites for hydroxylation is 1. The minimum Gasteiger partial charge on any atom is -0.356 e. The lowest BCUT2D eigenvalue weighted by molar-refractivity contribution is 0.511. The molecule has 154 valence electrons. The molecule has 0 aliphatic heterocycles. The van der Waals surface area contributed by atoms with Gasteiger partial charge in [-0.15, -0.1) is 24.0 Å². The molecule has 0 bridgehead atoms. The van der Waals surface area contributed by atoms with Gasteiger partial charge in [-0.3, -0.25) is 14.7 Å². The van der Waals surface area contributed by atoms with Gasteiger partial charge in [0.25, 0.3) is 0 Å². The molecule has 2 aromatic heterocycles. The molecule has 0 fully saturated rings. The zero-order valence-electron chi connectivity index (χ0n) is 16.5. The Balaban J connectivity index is 0.00000300. The lowest BCUT2D eigenvalue weighted by Gasteiger charge is -2.20. The Labute approximate surface area is 193 Å². The van der Waals surface area contributed by atoms with Crippen molar-refractivity contribution in [3.05, 3.63) is 82.9 Å². The first-order chi connectivity index (χ1) is 13.7. The Morgan fingerprint density at radius 3 is 2.59 bits per heavy atom. The monoisotopic (exact) mass is 524 g/mol. The Hall–Kier alpha value is -2.13.